The van der Waals surface area contributed by atoms with Gasteiger partial charge in [-0.15, -0.1) is 0 Å². The van der Waals surface area contributed by atoms with Crippen LogP contribution in [-0.2, 0) is 4.79 Å². The molecule has 0 bridgehead atoms. The number of amides is 2. The maximum atomic E-state index is 12.4. The van der Waals surface area contributed by atoms with E-state index in [9.17, 15) is 9.59 Å². The van der Waals surface area contributed by atoms with E-state index in [0.717, 1.165) is 23.4 Å². The van der Waals surface area contributed by atoms with Crippen molar-refractivity contribution >= 4 is 34.5 Å². The van der Waals surface area contributed by atoms with E-state index in [1.165, 1.54) is 11.8 Å². The Morgan fingerprint density at radius 3 is 2.44 bits per heavy atom. The first-order valence-corrected chi connectivity index (χ1v) is 9.51. The Balaban J connectivity index is 1.70. The highest BCUT2D eigenvalue weighted by Crippen LogP contribution is 2.24. The average molecular weight is 375 g/mol. The summed E-state index contributed by atoms with van der Waals surface area (Å²) in [6, 6.07) is 17.0. The van der Waals surface area contributed by atoms with Crippen molar-refractivity contribution in [1.82, 2.24) is 10.2 Å². The molecule has 0 unspecified atom stereocenters. The molecule has 6 heteroatoms. The molecule has 130 valence electrons. The van der Waals surface area contributed by atoms with Gasteiger partial charge in [0.15, 0.2) is 0 Å². The molecule has 1 aliphatic heterocycles. The van der Waals surface area contributed by atoms with Gasteiger partial charge in [-0.3, -0.25) is 9.59 Å². The second-order valence-corrected chi connectivity index (χ2v) is 7.30. The number of benzene rings is 2. The van der Waals surface area contributed by atoms with Crippen LogP contribution >= 0.6 is 23.4 Å². The Bertz CT molecular complexity index is 737. The molecule has 1 saturated heterocycles. The van der Waals surface area contributed by atoms with E-state index in [0.29, 0.717) is 18.0 Å². The molecule has 2 aromatic carbocycles. The van der Waals surface area contributed by atoms with Crippen molar-refractivity contribution in [3.05, 3.63) is 70.7 Å². The van der Waals surface area contributed by atoms with Gasteiger partial charge in [0, 0.05) is 30.3 Å². The van der Waals surface area contributed by atoms with Crippen LogP contribution in [0.15, 0.2) is 54.6 Å². The highest BCUT2D eigenvalue weighted by Gasteiger charge is 2.22. The molecule has 25 heavy (non-hydrogen) atoms. The molecule has 1 fully saturated rings. The maximum Gasteiger partial charge on any atom is 0.281 e. The number of carbonyl (C=O) groups is 2. The van der Waals surface area contributed by atoms with Crippen LogP contribution in [0.25, 0.3) is 0 Å². The van der Waals surface area contributed by atoms with E-state index < -0.39 is 0 Å². The number of hydrogen-bond acceptors (Lipinski definition) is 3. The molecule has 0 radical (unpaired) electrons. The minimum absolute atomic E-state index is 0.0603. The number of nitrogens with one attached hydrogen (secondary N) is 1. The summed E-state index contributed by atoms with van der Waals surface area (Å²) in [6.07, 6.45) is 0.295. The number of carbonyl (C=O) groups excluding carboxylic acids is 2. The van der Waals surface area contributed by atoms with Crippen molar-refractivity contribution in [2.24, 2.45) is 0 Å². The van der Waals surface area contributed by atoms with E-state index in [-0.39, 0.29) is 17.2 Å². The number of rotatable bonds is 6. The molecule has 3 rings (SSSR count). The fraction of sp³-hybridized carbons (Fsp3) is 0.263. The van der Waals surface area contributed by atoms with Crippen LogP contribution in [-0.4, -0.2) is 34.9 Å². The van der Waals surface area contributed by atoms with Crippen LogP contribution in [0.5, 0.6) is 0 Å². The van der Waals surface area contributed by atoms with Crippen molar-refractivity contribution in [2.45, 2.75) is 12.5 Å². The van der Waals surface area contributed by atoms with Crippen molar-refractivity contribution in [3.8, 4) is 0 Å². The normalized spacial score (nSPS) is 15.2. The first-order chi connectivity index (χ1) is 12.1. The standard InChI is InChI=1S/C19H19ClN2O2S/c20-16-8-6-15(7-9-16)18(14-4-2-1-3-5-14)21-17(23)10-11-22-12-13-25-19(22)24/h1-9,18H,10-13H2,(H,21,23)/t18-/m0/s1. The van der Waals surface area contributed by atoms with Gasteiger partial charge in [0.25, 0.3) is 5.24 Å². The summed E-state index contributed by atoms with van der Waals surface area (Å²) in [5.74, 6) is 0.728. The lowest BCUT2D eigenvalue weighted by Crippen LogP contribution is -2.33. The lowest BCUT2D eigenvalue weighted by molar-refractivity contribution is -0.121. The number of thioether (sulfide) groups is 1. The summed E-state index contributed by atoms with van der Waals surface area (Å²) < 4.78 is 0. The van der Waals surface area contributed by atoms with Gasteiger partial charge in [-0.25, -0.2) is 0 Å². The molecule has 1 atom stereocenters. The summed E-state index contributed by atoms with van der Waals surface area (Å²) in [5.41, 5.74) is 1.97. The molecular formula is C19H19ClN2O2S. The minimum atomic E-state index is -0.241. The average Bonchev–Trinajstić information content (AvgIpc) is 3.04. The molecule has 1 aliphatic rings. The summed E-state index contributed by atoms with van der Waals surface area (Å²) in [7, 11) is 0. The molecule has 0 aliphatic carbocycles. The van der Waals surface area contributed by atoms with Gasteiger partial charge in [-0.05, 0) is 23.3 Å². The van der Waals surface area contributed by atoms with E-state index in [1.54, 1.807) is 4.90 Å². The highest BCUT2D eigenvalue weighted by molar-refractivity contribution is 8.13. The third kappa shape index (κ3) is 4.77. The zero-order valence-corrected chi connectivity index (χ0v) is 15.2. The van der Waals surface area contributed by atoms with E-state index >= 15 is 0 Å². The highest BCUT2D eigenvalue weighted by atomic mass is 35.5. The lowest BCUT2D eigenvalue weighted by atomic mass is 9.98. The molecule has 4 nitrogen and oxygen atoms in total. The summed E-state index contributed by atoms with van der Waals surface area (Å²) >= 11 is 7.29. The predicted octanol–water partition coefficient (Wildman–Crippen LogP) is 4.10. The Morgan fingerprint density at radius 2 is 1.80 bits per heavy atom. The van der Waals surface area contributed by atoms with Gasteiger partial charge in [-0.1, -0.05) is 65.8 Å². The van der Waals surface area contributed by atoms with Crippen LogP contribution in [0.1, 0.15) is 23.6 Å². The van der Waals surface area contributed by atoms with Gasteiger partial charge >= 0.3 is 0 Å². The number of hydrogen-bond donors (Lipinski definition) is 1. The second-order valence-electron chi connectivity index (χ2n) is 5.81. The molecule has 0 saturated carbocycles. The monoisotopic (exact) mass is 374 g/mol. The molecule has 2 aromatic rings. The first-order valence-electron chi connectivity index (χ1n) is 8.15. The Morgan fingerprint density at radius 1 is 1.12 bits per heavy atom. The second kappa shape index (κ2) is 8.41. The minimum Gasteiger partial charge on any atom is -0.345 e. The van der Waals surface area contributed by atoms with Crippen molar-refractivity contribution < 1.29 is 9.59 Å². The van der Waals surface area contributed by atoms with Gasteiger partial charge in [0.1, 0.15) is 0 Å². The van der Waals surface area contributed by atoms with E-state index in [2.05, 4.69) is 5.32 Å². The van der Waals surface area contributed by atoms with Gasteiger partial charge in [-0.2, -0.15) is 0 Å². The third-order valence-electron chi connectivity index (χ3n) is 4.10. The topological polar surface area (TPSA) is 49.4 Å². The van der Waals surface area contributed by atoms with Crippen LogP contribution in [0.3, 0.4) is 0 Å². The van der Waals surface area contributed by atoms with Gasteiger partial charge in [0.05, 0.1) is 6.04 Å². The molecule has 0 aromatic heterocycles. The summed E-state index contributed by atoms with van der Waals surface area (Å²) in [6.45, 7) is 1.18. The molecule has 1 N–H and O–H groups in total. The summed E-state index contributed by atoms with van der Waals surface area (Å²) in [4.78, 5) is 25.8. The fourth-order valence-electron chi connectivity index (χ4n) is 2.76. The van der Waals surface area contributed by atoms with Crippen LogP contribution in [0, 0.1) is 0 Å². The number of halogens is 1. The maximum absolute atomic E-state index is 12.4. The fourth-order valence-corrected chi connectivity index (χ4v) is 3.74. The van der Waals surface area contributed by atoms with E-state index in [4.69, 9.17) is 11.6 Å². The van der Waals surface area contributed by atoms with E-state index in [1.807, 2.05) is 54.6 Å². The molecule has 1 heterocycles. The largest absolute Gasteiger partial charge is 0.345 e. The Hall–Kier alpha value is -1.98. The van der Waals surface area contributed by atoms with Crippen LogP contribution in [0.2, 0.25) is 5.02 Å². The molecule has 0 spiro atoms. The molecule has 2 amide bonds. The van der Waals surface area contributed by atoms with Gasteiger partial charge in [0.2, 0.25) is 5.91 Å². The zero-order chi connectivity index (χ0) is 17.6. The van der Waals surface area contributed by atoms with Crippen LogP contribution < -0.4 is 5.32 Å². The SMILES string of the molecule is O=C(CCN1CCSC1=O)N[C@@H](c1ccccc1)c1ccc(Cl)cc1. The van der Waals surface area contributed by atoms with Gasteiger partial charge < -0.3 is 10.2 Å². The lowest BCUT2D eigenvalue weighted by Gasteiger charge is -2.21. The Kier molecular flexibility index (Phi) is 6.00. The predicted molar refractivity (Wildman–Crippen MR) is 102 cm³/mol. The van der Waals surface area contributed by atoms with Crippen molar-refractivity contribution in [3.63, 3.8) is 0 Å². The molecular weight excluding hydrogens is 356 g/mol. The quantitative estimate of drug-likeness (QED) is 0.827. The van der Waals surface area contributed by atoms with Crippen LogP contribution in [0.4, 0.5) is 4.79 Å². The first kappa shape index (κ1) is 17.8. The third-order valence-corrected chi connectivity index (χ3v) is 5.24. The number of nitrogens with zero attached hydrogens (tertiary/aromatic N) is 1. The Labute approximate surface area is 156 Å². The van der Waals surface area contributed by atoms with Crippen molar-refractivity contribution in [2.75, 3.05) is 18.8 Å². The summed E-state index contributed by atoms with van der Waals surface area (Å²) in [5, 5.41) is 3.80. The smallest absolute Gasteiger partial charge is 0.281 e. The zero-order valence-electron chi connectivity index (χ0n) is 13.7. The van der Waals surface area contributed by atoms with Crippen molar-refractivity contribution in [1.29, 1.82) is 0 Å².